The van der Waals surface area contributed by atoms with Crippen LogP contribution in [0.5, 0.6) is 0 Å². The third-order valence-corrected chi connectivity index (χ3v) is 2.45. The van der Waals surface area contributed by atoms with Gasteiger partial charge in [-0.2, -0.15) is 0 Å². The van der Waals surface area contributed by atoms with Gasteiger partial charge in [0.1, 0.15) is 0 Å². The Kier molecular flexibility index (Phi) is 11.8. The predicted octanol–water partition coefficient (Wildman–Crippen LogP) is 4.84. The van der Waals surface area contributed by atoms with Crippen LogP contribution in [0.3, 0.4) is 0 Å². The van der Waals surface area contributed by atoms with Crippen LogP contribution in [0.1, 0.15) is 33.3 Å². The first kappa shape index (κ1) is 17.4. The molecule has 0 radical (unpaired) electrons. The Morgan fingerprint density at radius 3 is 2.37 bits per heavy atom. The Labute approximate surface area is 118 Å². The van der Waals surface area contributed by atoms with Gasteiger partial charge in [0.25, 0.3) is 0 Å². The van der Waals surface area contributed by atoms with Crippen LogP contribution in [-0.2, 0) is 0 Å². The van der Waals surface area contributed by atoms with Gasteiger partial charge < -0.3 is 5.32 Å². The van der Waals surface area contributed by atoms with Gasteiger partial charge in [-0.05, 0) is 25.0 Å². The number of hydrogen-bond donors (Lipinski definition) is 1. The molecule has 0 aliphatic heterocycles. The minimum Gasteiger partial charge on any atom is -0.309 e. The summed E-state index contributed by atoms with van der Waals surface area (Å²) in [6.45, 7) is 9.92. The largest absolute Gasteiger partial charge is 0.309 e. The fraction of sp³-hybridized carbons (Fsp3) is 0.333. The monoisotopic (exact) mass is 257 g/mol. The fourth-order valence-electron chi connectivity index (χ4n) is 1.53. The first-order chi connectivity index (χ1) is 9.36. The molecule has 1 heteroatoms. The molecule has 0 unspecified atom stereocenters. The van der Waals surface area contributed by atoms with Crippen molar-refractivity contribution in [1.29, 1.82) is 0 Å². The van der Waals surface area contributed by atoms with Crippen molar-refractivity contribution < 1.29 is 0 Å². The molecule has 0 atom stereocenters. The molecule has 0 aliphatic rings. The average Bonchev–Trinajstić information content (AvgIpc) is 2.49. The van der Waals surface area contributed by atoms with E-state index < -0.39 is 0 Å². The predicted molar refractivity (Wildman–Crippen MR) is 88.3 cm³/mol. The van der Waals surface area contributed by atoms with Crippen molar-refractivity contribution >= 4 is 6.08 Å². The molecular formula is C18H27N. The highest BCUT2D eigenvalue weighted by Crippen LogP contribution is 2.00. The topological polar surface area (TPSA) is 12.0 Å². The molecule has 0 amide bonds. The van der Waals surface area contributed by atoms with Crippen LogP contribution in [0.25, 0.3) is 6.08 Å². The van der Waals surface area contributed by atoms with Crippen LogP contribution in [0, 0.1) is 0 Å². The molecule has 0 fully saturated rings. The van der Waals surface area contributed by atoms with E-state index in [0.29, 0.717) is 0 Å². The second kappa shape index (κ2) is 12.8. The maximum atomic E-state index is 3.39. The van der Waals surface area contributed by atoms with Gasteiger partial charge in [0.2, 0.25) is 0 Å². The normalized spacial score (nSPS) is 11.7. The maximum Gasteiger partial charge on any atom is 0.0205 e. The Balaban J connectivity index is 0.00000154. The van der Waals surface area contributed by atoms with E-state index in [2.05, 4.69) is 66.9 Å². The van der Waals surface area contributed by atoms with E-state index in [1.165, 1.54) is 11.1 Å². The van der Waals surface area contributed by atoms with E-state index in [9.17, 15) is 0 Å². The molecule has 19 heavy (non-hydrogen) atoms. The first-order valence-electron chi connectivity index (χ1n) is 7.07. The second-order valence-electron chi connectivity index (χ2n) is 3.81. The molecule has 1 N–H and O–H groups in total. The Bertz CT molecular complexity index is 385. The molecule has 0 saturated carbocycles. The van der Waals surface area contributed by atoms with Crippen molar-refractivity contribution in [3.8, 4) is 0 Å². The van der Waals surface area contributed by atoms with Crippen molar-refractivity contribution in [2.75, 3.05) is 13.1 Å². The molecule has 1 nitrogen and oxygen atoms in total. The van der Waals surface area contributed by atoms with E-state index in [0.717, 1.165) is 13.1 Å². The third kappa shape index (κ3) is 9.04. The van der Waals surface area contributed by atoms with Crippen LogP contribution in [-0.4, -0.2) is 13.1 Å². The van der Waals surface area contributed by atoms with Crippen LogP contribution in [0.2, 0.25) is 0 Å². The summed E-state index contributed by atoms with van der Waals surface area (Å²) in [6.07, 6.45) is 10.6. The number of allylic oxidation sites excluding steroid dienone is 2. The molecule has 1 aromatic carbocycles. The van der Waals surface area contributed by atoms with Gasteiger partial charge >= 0.3 is 0 Å². The lowest BCUT2D eigenvalue weighted by molar-refractivity contribution is 0.826. The Hall–Kier alpha value is -1.60. The Morgan fingerprint density at radius 1 is 1.11 bits per heavy atom. The number of hydrogen-bond acceptors (Lipinski definition) is 1. The molecule has 1 aromatic rings. The fourth-order valence-corrected chi connectivity index (χ4v) is 1.53. The summed E-state index contributed by atoms with van der Waals surface area (Å²) >= 11 is 0. The zero-order chi connectivity index (χ0) is 14.3. The minimum atomic E-state index is 0.893. The molecule has 0 aliphatic carbocycles. The molecule has 0 saturated heterocycles. The molecule has 0 heterocycles. The minimum absolute atomic E-state index is 0.893. The summed E-state index contributed by atoms with van der Waals surface area (Å²) in [5.41, 5.74) is 2.56. The van der Waals surface area contributed by atoms with E-state index in [-0.39, 0.29) is 0 Å². The van der Waals surface area contributed by atoms with Gasteiger partial charge in [-0.1, -0.05) is 74.6 Å². The smallest absolute Gasteiger partial charge is 0.0205 e. The van der Waals surface area contributed by atoms with Crippen molar-refractivity contribution in [1.82, 2.24) is 5.32 Å². The van der Waals surface area contributed by atoms with Crippen LogP contribution < -0.4 is 5.32 Å². The standard InChI is InChI=1S/C16H21N.C2H6/c1-3-9-15(4-2)14-17-13-8-12-16-10-6-5-7-11-16;1-2/h3-12,17H,13-14H2,1-2H3;1-2H3/b9-3-,12-8+,15-4+;. The van der Waals surface area contributed by atoms with Gasteiger partial charge in [0.05, 0.1) is 0 Å². The molecule has 0 aromatic heterocycles. The van der Waals surface area contributed by atoms with Crippen LogP contribution in [0.15, 0.2) is 60.2 Å². The third-order valence-electron chi connectivity index (χ3n) is 2.45. The van der Waals surface area contributed by atoms with Crippen molar-refractivity contribution in [2.45, 2.75) is 27.7 Å². The summed E-state index contributed by atoms with van der Waals surface area (Å²) < 4.78 is 0. The Morgan fingerprint density at radius 2 is 1.79 bits per heavy atom. The molecule has 1 rings (SSSR count). The molecule has 104 valence electrons. The van der Waals surface area contributed by atoms with E-state index in [1.807, 2.05) is 26.8 Å². The van der Waals surface area contributed by atoms with Gasteiger partial charge in [-0.25, -0.2) is 0 Å². The summed E-state index contributed by atoms with van der Waals surface area (Å²) in [5.74, 6) is 0. The average molecular weight is 257 g/mol. The van der Waals surface area contributed by atoms with Gasteiger partial charge in [0.15, 0.2) is 0 Å². The summed E-state index contributed by atoms with van der Waals surface area (Å²) in [4.78, 5) is 0. The summed E-state index contributed by atoms with van der Waals surface area (Å²) in [6, 6.07) is 10.3. The van der Waals surface area contributed by atoms with E-state index in [1.54, 1.807) is 0 Å². The van der Waals surface area contributed by atoms with Gasteiger partial charge in [0, 0.05) is 13.1 Å². The molecular weight excluding hydrogens is 230 g/mol. The maximum absolute atomic E-state index is 3.39. The lowest BCUT2D eigenvalue weighted by Gasteiger charge is -2.02. The highest BCUT2D eigenvalue weighted by molar-refractivity contribution is 5.48. The van der Waals surface area contributed by atoms with Crippen LogP contribution in [0.4, 0.5) is 0 Å². The summed E-state index contributed by atoms with van der Waals surface area (Å²) in [7, 11) is 0. The quantitative estimate of drug-likeness (QED) is 0.568. The number of benzene rings is 1. The lowest BCUT2D eigenvalue weighted by atomic mass is 10.2. The van der Waals surface area contributed by atoms with Crippen molar-refractivity contribution in [2.24, 2.45) is 0 Å². The van der Waals surface area contributed by atoms with Gasteiger partial charge in [-0.15, -0.1) is 0 Å². The number of rotatable bonds is 6. The SMILES string of the molecule is C/C=C\C(=C/C)CNC/C=C/c1ccccc1.CC. The summed E-state index contributed by atoms with van der Waals surface area (Å²) in [5, 5.41) is 3.39. The van der Waals surface area contributed by atoms with E-state index >= 15 is 0 Å². The van der Waals surface area contributed by atoms with Crippen molar-refractivity contribution in [3.05, 3.63) is 65.8 Å². The molecule has 0 spiro atoms. The molecule has 0 bridgehead atoms. The van der Waals surface area contributed by atoms with Gasteiger partial charge in [-0.3, -0.25) is 0 Å². The van der Waals surface area contributed by atoms with E-state index in [4.69, 9.17) is 0 Å². The first-order valence-corrected chi connectivity index (χ1v) is 7.07. The zero-order valence-electron chi connectivity index (χ0n) is 12.7. The highest BCUT2D eigenvalue weighted by Gasteiger charge is 1.88. The van der Waals surface area contributed by atoms with Crippen LogP contribution >= 0.6 is 0 Å². The highest BCUT2D eigenvalue weighted by atomic mass is 14.8. The second-order valence-corrected chi connectivity index (χ2v) is 3.81. The van der Waals surface area contributed by atoms with Crippen molar-refractivity contribution in [3.63, 3.8) is 0 Å². The zero-order valence-corrected chi connectivity index (χ0v) is 12.7. The number of nitrogens with one attached hydrogen (secondary N) is 1. The lowest BCUT2D eigenvalue weighted by Crippen LogP contribution is -2.16.